The monoisotopic (exact) mass is 495 g/mol. The van der Waals surface area contributed by atoms with Crippen molar-refractivity contribution in [3.63, 3.8) is 0 Å². The highest BCUT2D eigenvalue weighted by Gasteiger charge is 2.23. The van der Waals surface area contributed by atoms with Gasteiger partial charge in [0.15, 0.2) is 15.0 Å². The number of ether oxygens (including phenoxy) is 1. The number of thiazole rings is 1. The van der Waals surface area contributed by atoms with Gasteiger partial charge in [-0.05, 0) is 69.5 Å². The van der Waals surface area contributed by atoms with Crippen LogP contribution in [0.3, 0.4) is 0 Å². The van der Waals surface area contributed by atoms with Crippen molar-refractivity contribution in [2.45, 2.75) is 17.7 Å². The SMILES string of the molecule is COc1ccc(S(=O)(=O)CCC(=O)N(CCCN(C)C)c2nc3ccc(Cl)cc3s2)cc1. The smallest absolute Gasteiger partial charge is 0.229 e. The Bertz CT molecular complexity index is 1180. The molecular formula is C22H26ClN3O4S2. The van der Waals surface area contributed by atoms with E-state index < -0.39 is 9.84 Å². The topological polar surface area (TPSA) is 79.8 Å². The summed E-state index contributed by atoms with van der Waals surface area (Å²) in [6.07, 6.45) is 0.605. The minimum absolute atomic E-state index is 0.132. The predicted molar refractivity (Wildman–Crippen MR) is 130 cm³/mol. The van der Waals surface area contributed by atoms with Gasteiger partial charge in [0, 0.05) is 18.0 Å². The fraction of sp³-hybridized carbons (Fsp3) is 0.364. The minimum atomic E-state index is -3.61. The average Bonchev–Trinajstić information content (AvgIpc) is 3.17. The lowest BCUT2D eigenvalue weighted by atomic mass is 10.3. The molecule has 0 aliphatic rings. The third-order valence-electron chi connectivity index (χ3n) is 4.86. The minimum Gasteiger partial charge on any atom is -0.497 e. The van der Waals surface area contributed by atoms with Gasteiger partial charge in [0.2, 0.25) is 5.91 Å². The molecule has 0 N–H and O–H groups in total. The molecule has 3 rings (SSSR count). The zero-order chi connectivity index (χ0) is 23.3. The van der Waals surface area contributed by atoms with E-state index in [0.717, 1.165) is 23.2 Å². The molecular weight excluding hydrogens is 470 g/mol. The zero-order valence-electron chi connectivity index (χ0n) is 18.2. The fourth-order valence-corrected chi connectivity index (χ4v) is 5.65. The number of fused-ring (bicyclic) bond motifs is 1. The molecule has 0 spiro atoms. The number of sulfone groups is 1. The Morgan fingerprint density at radius 1 is 1.12 bits per heavy atom. The van der Waals surface area contributed by atoms with Gasteiger partial charge in [0.25, 0.3) is 0 Å². The number of nitrogens with zero attached hydrogens (tertiary/aromatic N) is 3. The lowest BCUT2D eigenvalue weighted by Crippen LogP contribution is -2.34. The van der Waals surface area contributed by atoms with Crippen LogP contribution in [0.5, 0.6) is 5.75 Å². The van der Waals surface area contributed by atoms with E-state index in [4.69, 9.17) is 16.3 Å². The molecule has 0 bridgehead atoms. The summed E-state index contributed by atoms with van der Waals surface area (Å²) in [5, 5.41) is 1.15. The second-order valence-electron chi connectivity index (χ2n) is 7.56. The number of carbonyl (C=O) groups is 1. The number of hydrogen-bond donors (Lipinski definition) is 0. The van der Waals surface area contributed by atoms with Gasteiger partial charge in [-0.1, -0.05) is 22.9 Å². The maximum Gasteiger partial charge on any atom is 0.229 e. The van der Waals surface area contributed by atoms with E-state index in [1.165, 1.54) is 30.6 Å². The summed E-state index contributed by atoms with van der Waals surface area (Å²) in [5.74, 6) is 0.0213. The van der Waals surface area contributed by atoms with E-state index in [1.807, 2.05) is 31.1 Å². The summed E-state index contributed by atoms with van der Waals surface area (Å²) >= 11 is 7.46. The van der Waals surface area contributed by atoms with E-state index in [-0.39, 0.29) is 23.0 Å². The second kappa shape index (κ2) is 10.6. The third-order valence-corrected chi connectivity index (χ3v) is 7.87. The van der Waals surface area contributed by atoms with Crippen LogP contribution in [-0.4, -0.2) is 64.3 Å². The molecule has 10 heteroatoms. The molecule has 32 heavy (non-hydrogen) atoms. The molecule has 2 aromatic carbocycles. The van der Waals surface area contributed by atoms with Crippen LogP contribution in [0.1, 0.15) is 12.8 Å². The second-order valence-corrected chi connectivity index (χ2v) is 11.1. The van der Waals surface area contributed by atoms with Gasteiger partial charge in [0.1, 0.15) is 5.75 Å². The van der Waals surface area contributed by atoms with E-state index in [2.05, 4.69) is 4.98 Å². The summed E-state index contributed by atoms with van der Waals surface area (Å²) in [7, 11) is 1.84. The van der Waals surface area contributed by atoms with Crippen molar-refractivity contribution in [2.75, 3.05) is 44.9 Å². The first-order chi connectivity index (χ1) is 15.2. The van der Waals surface area contributed by atoms with Crippen molar-refractivity contribution in [2.24, 2.45) is 0 Å². The standard InChI is InChI=1S/C22H26ClN3O4S2/c1-25(2)12-4-13-26(22-24-19-10-5-16(23)15-20(19)31-22)21(27)11-14-32(28,29)18-8-6-17(30-3)7-9-18/h5-10,15H,4,11-14H2,1-3H3. The summed E-state index contributed by atoms with van der Waals surface area (Å²) in [5.41, 5.74) is 0.755. The summed E-state index contributed by atoms with van der Waals surface area (Å²) in [6.45, 7) is 1.25. The summed E-state index contributed by atoms with van der Waals surface area (Å²) in [4.78, 5) is 21.5. The van der Waals surface area contributed by atoms with Gasteiger partial charge in [-0.15, -0.1) is 0 Å². The number of methoxy groups -OCH3 is 1. The predicted octanol–water partition coefficient (Wildman–Crippen LogP) is 4.11. The van der Waals surface area contributed by atoms with Crippen molar-refractivity contribution < 1.29 is 17.9 Å². The van der Waals surface area contributed by atoms with Crippen molar-refractivity contribution in [1.29, 1.82) is 0 Å². The van der Waals surface area contributed by atoms with Crippen molar-refractivity contribution in [3.05, 3.63) is 47.5 Å². The van der Waals surface area contributed by atoms with E-state index >= 15 is 0 Å². The Balaban J connectivity index is 1.77. The average molecular weight is 496 g/mol. The molecule has 0 aliphatic carbocycles. The maximum atomic E-state index is 13.1. The molecule has 0 aliphatic heterocycles. The Hall–Kier alpha value is -2.20. The number of amides is 1. The number of halogens is 1. The Kier molecular flexibility index (Phi) is 8.10. The lowest BCUT2D eigenvalue weighted by Gasteiger charge is -2.21. The highest BCUT2D eigenvalue weighted by atomic mass is 35.5. The van der Waals surface area contributed by atoms with Crippen molar-refractivity contribution in [3.8, 4) is 5.75 Å². The largest absolute Gasteiger partial charge is 0.497 e. The van der Waals surface area contributed by atoms with Gasteiger partial charge >= 0.3 is 0 Å². The van der Waals surface area contributed by atoms with Crippen LogP contribution in [0.15, 0.2) is 47.4 Å². The van der Waals surface area contributed by atoms with Crippen LogP contribution < -0.4 is 9.64 Å². The highest BCUT2D eigenvalue weighted by molar-refractivity contribution is 7.91. The first-order valence-corrected chi connectivity index (χ1v) is 12.9. The van der Waals surface area contributed by atoms with Gasteiger partial charge in [0.05, 0.1) is 28.0 Å². The number of anilines is 1. The molecule has 0 unspecified atom stereocenters. The lowest BCUT2D eigenvalue weighted by molar-refractivity contribution is -0.118. The van der Waals surface area contributed by atoms with Gasteiger partial charge < -0.3 is 9.64 Å². The molecule has 1 heterocycles. The molecule has 1 aromatic heterocycles. The molecule has 0 fully saturated rings. The molecule has 0 saturated heterocycles. The number of carbonyl (C=O) groups excluding carboxylic acids is 1. The van der Waals surface area contributed by atoms with Crippen LogP contribution in [0.4, 0.5) is 5.13 Å². The molecule has 3 aromatic rings. The number of hydrogen-bond acceptors (Lipinski definition) is 7. The Morgan fingerprint density at radius 3 is 2.50 bits per heavy atom. The Morgan fingerprint density at radius 2 is 1.84 bits per heavy atom. The number of rotatable bonds is 10. The summed E-state index contributed by atoms with van der Waals surface area (Å²) < 4.78 is 31.4. The van der Waals surface area contributed by atoms with Crippen LogP contribution in [0.2, 0.25) is 5.02 Å². The van der Waals surface area contributed by atoms with E-state index in [0.29, 0.717) is 22.4 Å². The normalized spacial score (nSPS) is 11.8. The van der Waals surface area contributed by atoms with Crippen LogP contribution in [0.25, 0.3) is 10.2 Å². The van der Waals surface area contributed by atoms with Crippen LogP contribution >= 0.6 is 22.9 Å². The van der Waals surface area contributed by atoms with Crippen LogP contribution in [-0.2, 0) is 14.6 Å². The quantitative estimate of drug-likeness (QED) is 0.421. The van der Waals surface area contributed by atoms with Gasteiger partial charge in [-0.25, -0.2) is 13.4 Å². The van der Waals surface area contributed by atoms with Gasteiger partial charge in [-0.2, -0.15) is 0 Å². The third kappa shape index (κ3) is 6.19. The molecule has 0 saturated carbocycles. The van der Waals surface area contributed by atoms with E-state index in [9.17, 15) is 13.2 Å². The molecule has 172 valence electrons. The first kappa shape index (κ1) is 24.4. The van der Waals surface area contributed by atoms with Gasteiger partial charge in [-0.3, -0.25) is 9.69 Å². The van der Waals surface area contributed by atoms with Crippen molar-refractivity contribution in [1.82, 2.24) is 9.88 Å². The fourth-order valence-electron chi connectivity index (χ4n) is 3.13. The first-order valence-electron chi connectivity index (χ1n) is 10.1. The molecule has 0 atom stereocenters. The molecule has 0 radical (unpaired) electrons. The van der Waals surface area contributed by atoms with Crippen LogP contribution in [0, 0.1) is 0 Å². The summed E-state index contributed by atoms with van der Waals surface area (Å²) in [6, 6.07) is 11.6. The highest BCUT2D eigenvalue weighted by Crippen LogP contribution is 2.31. The molecule has 7 nitrogen and oxygen atoms in total. The Labute approximate surface area is 197 Å². The molecule has 1 amide bonds. The number of benzene rings is 2. The number of aromatic nitrogens is 1. The maximum absolute atomic E-state index is 13.1. The zero-order valence-corrected chi connectivity index (χ0v) is 20.6. The van der Waals surface area contributed by atoms with E-state index in [1.54, 1.807) is 23.1 Å². The van der Waals surface area contributed by atoms with Crippen molar-refractivity contribution >= 4 is 54.0 Å².